The van der Waals surface area contributed by atoms with Gasteiger partial charge in [0.25, 0.3) is 0 Å². The summed E-state index contributed by atoms with van der Waals surface area (Å²) in [4.78, 5) is 12.4. The first-order chi connectivity index (χ1) is 10.1. The first-order valence-electron chi connectivity index (χ1n) is 6.72. The smallest absolute Gasteiger partial charge is 0.246 e. The van der Waals surface area contributed by atoms with Gasteiger partial charge in [0.2, 0.25) is 5.91 Å². The number of anilines is 1. The Morgan fingerprint density at radius 3 is 2.95 bits per heavy atom. The first-order valence-corrected chi connectivity index (χ1v) is 6.72. The van der Waals surface area contributed by atoms with Crippen LogP contribution < -0.4 is 11.1 Å². The number of amides is 1. The minimum Gasteiger partial charge on any atom is -0.379 e. The third-order valence-corrected chi connectivity index (χ3v) is 3.63. The average Bonchev–Trinajstić information content (AvgIpc) is 3.09. The molecule has 2 heterocycles. The van der Waals surface area contributed by atoms with E-state index in [1.807, 2.05) is 31.3 Å². The molecule has 0 bridgehead atoms. The lowest BCUT2D eigenvalue weighted by atomic mass is 9.99. The maximum absolute atomic E-state index is 12.4. The van der Waals surface area contributed by atoms with Gasteiger partial charge in [0.15, 0.2) is 5.82 Å². The molecule has 0 saturated carbocycles. The minimum absolute atomic E-state index is 0.241. The molecule has 3 N–H and O–H groups in total. The summed E-state index contributed by atoms with van der Waals surface area (Å²) < 4.78 is 7.02. The Morgan fingerprint density at radius 2 is 2.29 bits per heavy atom. The number of carbonyl (C=O) groups is 1. The van der Waals surface area contributed by atoms with E-state index in [1.54, 1.807) is 10.9 Å². The summed E-state index contributed by atoms with van der Waals surface area (Å²) in [6.45, 7) is 0.750. The summed E-state index contributed by atoms with van der Waals surface area (Å²) in [6.07, 6.45) is 2.13. The highest BCUT2D eigenvalue weighted by Crippen LogP contribution is 2.27. The Bertz CT molecular complexity index is 661. The molecule has 21 heavy (non-hydrogen) atoms. The fourth-order valence-corrected chi connectivity index (χ4v) is 2.32. The van der Waals surface area contributed by atoms with Crippen LogP contribution in [0.25, 0.3) is 11.4 Å². The summed E-state index contributed by atoms with van der Waals surface area (Å²) in [6, 6.07) is 7.44. The molecule has 1 aliphatic rings. The maximum atomic E-state index is 12.4. The Balaban J connectivity index is 1.90. The normalized spacial score (nSPS) is 21.4. The highest BCUT2D eigenvalue weighted by Gasteiger charge is 2.38. The van der Waals surface area contributed by atoms with Crippen molar-refractivity contribution < 1.29 is 9.53 Å². The van der Waals surface area contributed by atoms with Crippen LogP contribution in [0.15, 0.2) is 30.6 Å². The van der Waals surface area contributed by atoms with E-state index in [4.69, 9.17) is 10.5 Å². The fourth-order valence-electron chi connectivity index (χ4n) is 2.32. The van der Waals surface area contributed by atoms with E-state index in [0.717, 1.165) is 5.56 Å². The third-order valence-electron chi connectivity index (χ3n) is 3.63. The summed E-state index contributed by atoms with van der Waals surface area (Å²) in [5.41, 5.74) is 6.58. The molecular weight excluding hydrogens is 270 g/mol. The minimum atomic E-state index is -0.965. The molecule has 0 aliphatic carbocycles. The van der Waals surface area contributed by atoms with Crippen LogP contribution in [-0.4, -0.2) is 39.4 Å². The second kappa shape index (κ2) is 5.27. The second-order valence-electron chi connectivity index (χ2n) is 5.22. The van der Waals surface area contributed by atoms with Gasteiger partial charge in [-0.05, 0) is 18.6 Å². The van der Waals surface area contributed by atoms with Gasteiger partial charge in [-0.3, -0.25) is 4.79 Å². The molecule has 1 aromatic carbocycles. The lowest BCUT2D eigenvalue weighted by Crippen LogP contribution is -2.51. The second-order valence-corrected chi connectivity index (χ2v) is 5.22. The monoisotopic (exact) mass is 287 g/mol. The van der Waals surface area contributed by atoms with Crippen LogP contribution >= 0.6 is 0 Å². The van der Waals surface area contributed by atoms with Gasteiger partial charge in [0, 0.05) is 19.2 Å². The van der Waals surface area contributed by atoms with Gasteiger partial charge in [-0.15, -0.1) is 10.2 Å². The van der Waals surface area contributed by atoms with Crippen molar-refractivity contribution in [3.63, 3.8) is 0 Å². The van der Waals surface area contributed by atoms with E-state index in [2.05, 4.69) is 15.5 Å². The van der Waals surface area contributed by atoms with E-state index in [-0.39, 0.29) is 12.5 Å². The van der Waals surface area contributed by atoms with Crippen LogP contribution in [0.4, 0.5) is 5.69 Å². The van der Waals surface area contributed by atoms with Crippen molar-refractivity contribution in [3.05, 3.63) is 30.6 Å². The number of nitrogens with one attached hydrogen (secondary N) is 1. The number of hydrogen-bond acceptors (Lipinski definition) is 5. The number of aromatic nitrogens is 3. The number of carbonyl (C=O) groups excluding carboxylic acids is 1. The van der Waals surface area contributed by atoms with E-state index < -0.39 is 5.54 Å². The zero-order valence-corrected chi connectivity index (χ0v) is 11.7. The van der Waals surface area contributed by atoms with Gasteiger partial charge in [-0.25, -0.2) is 0 Å². The Kier molecular flexibility index (Phi) is 3.44. The van der Waals surface area contributed by atoms with Crippen molar-refractivity contribution in [2.24, 2.45) is 12.8 Å². The molecule has 2 aromatic rings. The molecule has 7 heteroatoms. The predicted octanol–water partition coefficient (Wildman–Crippen LogP) is 0.538. The van der Waals surface area contributed by atoms with Gasteiger partial charge >= 0.3 is 0 Å². The Hall–Kier alpha value is -2.25. The Labute approximate surface area is 122 Å². The van der Waals surface area contributed by atoms with Crippen LogP contribution in [0, 0.1) is 0 Å². The van der Waals surface area contributed by atoms with Crippen LogP contribution in [0.1, 0.15) is 6.42 Å². The van der Waals surface area contributed by atoms with Gasteiger partial charge in [-0.2, -0.15) is 0 Å². The van der Waals surface area contributed by atoms with Crippen molar-refractivity contribution in [2.45, 2.75) is 12.0 Å². The third kappa shape index (κ3) is 2.53. The summed E-state index contributed by atoms with van der Waals surface area (Å²) in [5.74, 6) is 0.439. The first kappa shape index (κ1) is 13.7. The lowest BCUT2D eigenvalue weighted by Gasteiger charge is -2.21. The molecule has 1 atom stereocenters. The maximum Gasteiger partial charge on any atom is 0.246 e. The molecule has 110 valence electrons. The number of hydrogen-bond donors (Lipinski definition) is 2. The van der Waals surface area contributed by atoms with Crippen molar-refractivity contribution in [1.29, 1.82) is 0 Å². The quantitative estimate of drug-likeness (QED) is 0.859. The topological polar surface area (TPSA) is 95.1 Å². The summed E-state index contributed by atoms with van der Waals surface area (Å²) >= 11 is 0. The van der Waals surface area contributed by atoms with Crippen molar-refractivity contribution >= 4 is 11.6 Å². The molecule has 3 rings (SSSR count). The molecule has 0 spiro atoms. The number of para-hydroxylation sites is 1. The van der Waals surface area contributed by atoms with Crippen molar-refractivity contribution in [3.8, 4) is 11.4 Å². The zero-order valence-electron chi connectivity index (χ0n) is 11.7. The molecule has 0 radical (unpaired) electrons. The van der Waals surface area contributed by atoms with Crippen LogP contribution in [-0.2, 0) is 16.6 Å². The van der Waals surface area contributed by atoms with E-state index in [9.17, 15) is 4.79 Å². The van der Waals surface area contributed by atoms with Crippen LogP contribution in [0.5, 0.6) is 0 Å². The largest absolute Gasteiger partial charge is 0.379 e. The molecular formula is C14H17N5O2. The average molecular weight is 287 g/mol. The number of rotatable bonds is 3. The fraction of sp³-hybridized carbons (Fsp3) is 0.357. The lowest BCUT2D eigenvalue weighted by molar-refractivity contribution is -0.121. The zero-order chi connectivity index (χ0) is 14.9. The van der Waals surface area contributed by atoms with Gasteiger partial charge < -0.3 is 20.4 Å². The summed E-state index contributed by atoms with van der Waals surface area (Å²) in [7, 11) is 1.85. The predicted molar refractivity (Wildman–Crippen MR) is 77.4 cm³/mol. The Morgan fingerprint density at radius 1 is 1.48 bits per heavy atom. The number of nitrogens with two attached hydrogens (primary N) is 1. The number of nitrogens with zero attached hydrogens (tertiary/aromatic N) is 3. The summed E-state index contributed by atoms with van der Waals surface area (Å²) in [5, 5.41) is 10.8. The van der Waals surface area contributed by atoms with Crippen molar-refractivity contribution in [2.75, 3.05) is 18.5 Å². The number of aryl methyl sites for hydroxylation is 1. The molecule has 1 aliphatic heterocycles. The van der Waals surface area contributed by atoms with Gasteiger partial charge in [0.1, 0.15) is 11.9 Å². The van der Waals surface area contributed by atoms with E-state index in [1.165, 1.54) is 0 Å². The van der Waals surface area contributed by atoms with Crippen LogP contribution in [0.2, 0.25) is 0 Å². The molecule has 1 unspecified atom stereocenters. The molecule has 7 nitrogen and oxygen atoms in total. The van der Waals surface area contributed by atoms with Crippen LogP contribution in [0.3, 0.4) is 0 Å². The van der Waals surface area contributed by atoms with Gasteiger partial charge in [0.05, 0.1) is 12.3 Å². The van der Waals surface area contributed by atoms with E-state index in [0.29, 0.717) is 24.5 Å². The molecule has 1 amide bonds. The van der Waals surface area contributed by atoms with Crippen molar-refractivity contribution in [1.82, 2.24) is 14.8 Å². The SMILES string of the molecule is Cn1cnnc1-c1ccccc1NC(=O)C1(N)CCOC1. The van der Waals surface area contributed by atoms with Gasteiger partial charge in [-0.1, -0.05) is 12.1 Å². The standard InChI is InChI=1S/C14H17N5O2/c1-19-9-16-18-12(19)10-4-2-3-5-11(10)17-13(20)14(15)6-7-21-8-14/h2-5,9H,6-8,15H2,1H3,(H,17,20). The van der Waals surface area contributed by atoms with E-state index >= 15 is 0 Å². The molecule has 1 fully saturated rings. The molecule has 1 aromatic heterocycles. The number of ether oxygens (including phenoxy) is 1. The molecule has 1 saturated heterocycles. The highest BCUT2D eigenvalue weighted by atomic mass is 16.5. The highest BCUT2D eigenvalue weighted by molar-refractivity contribution is 6.00. The number of benzene rings is 1.